The Hall–Kier alpha value is -1.12. The predicted molar refractivity (Wildman–Crippen MR) is 117 cm³/mol. The van der Waals surface area contributed by atoms with Gasteiger partial charge < -0.3 is 4.90 Å². The zero-order valence-electron chi connectivity index (χ0n) is 19.1. The number of allylic oxidation sites excluding steroid dienone is 1. The lowest BCUT2D eigenvalue weighted by molar-refractivity contribution is -0.143. The monoisotopic (exact) mass is 399 g/mol. The fourth-order valence-electron chi connectivity index (χ4n) is 8.06. The van der Waals surface area contributed by atoms with Crippen LogP contribution in [0.3, 0.4) is 0 Å². The molecule has 0 heterocycles. The second-order valence-corrected chi connectivity index (χ2v) is 11.0. The molecule has 0 spiro atoms. The van der Waals surface area contributed by atoms with Crippen molar-refractivity contribution in [1.29, 1.82) is 0 Å². The van der Waals surface area contributed by atoms with Gasteiger partial charge in [-0.25, -0.2) is 0 Å². The second kappa shape index (κ2) is 7.85. The first kappa shape index (κ1) is 21.1. The topological polar surface area (TPSA) is 37.4 Å². The maximum atomic E-state index is 13.6. The Labute approximate surface area is 177 Å². The second-order valence-electron chi connectivity index (χ2n) is 11.0. The molecular weight excluding hydrogens is 358 g/mol. The standard InChI is InChI=1S/C26H41NO2/c1-5-15-27(16-6-2)24(29)23-10-9-21-20-8-7-18-17-19(28)11-13-25(18,3)22(20)12-14-26(21,23)4/h17,20-23H,5-16H2,1-4H3/t20-,21-,22-,23+,25-,26-/m0/s1. The van der Waals surface area contributed by atoms with E-state index in [0.29, 0.717) is 23.5 Å². The van der Waals surface area contributed by atoms with Crippen LogP contribution in [-0.2, 0) is 9.59 Å². The van der Waals surface area contributed by atoms with Gasteiger partial charge in [0.25, 0.3) is 0 Å². The molecule has 0 bridgehead atoms. The summed E-state index contributed by atoms with van der Waals surface area (Å²) in [5.74, 6) is 3.16. The van der Waals surface area contributed by atoms with E-state index in [0.717, 1.165) is 57.5 Å². The predicted octanol–water partition coefficient (Wildman–Crippen LogP) is 5.78. The average Bonchev–Trinajstić information content (AvgIpc) is 3.05. The summed E-state index contributed by atoms with van der Waals surface area (Å²) in [6.07, 6.45) is 13.0. The normalized spacial score (nSPS) is 41.2. The highest BCUT2D eigenvalue weighted by molar-refractivity contribution is 5.91. The third kappa shape index (κ3) is 3.31. The number of nitrogens with zero attached hydrogens (tertiary/aromatic N) is 1. The van der Waals surface area contributed by atoms with Gasteiger partial charge in [-0.2, -0.15) is 0 Å². The third-order valence-electron chi connectivity index (χ3n) is 9.56. The van der Waals surface area contributed by atoms with Crippen LogP contribution in [0.4, 0.5) is 0 Å². The molecule has 0 radical (unpaired) electrons. The first-order valence-electron chi connectivity index (χ1n) is 12.4. The van der Waals surface area contributed by atoms with E-state index in [2.05, 4.69) is 32.6 Å². The molecule has 4 rings (SSSR count). The molecule has 4 aliphatic carbocycles. The van der Waals surface area contributed by atoms with Crippen LogP contribution < -0.4 is 0 Å². The summed E-state index contributed by atoms with van der Waals surface area (Å²) >= 11 is 0. The lowest BCUT2D eigenvalue weighted by atomic mass is 9.47. The summed E-state index contributed by atoms with van der Waals surface area (Å²) in [5, 5.41) is 0. The van der Waals surface area contributed by atoms with Crippen LogP contribution >= 0.6 is 0 Å². The number of hydrogen-bond donors (Lipinski definition) is 0. The molecule has 3 heteroatoms. The van der Waals surface area contributed by atoms with Crippen molar-refractivity contribution in [2.45, 2.75) is 91.9 Å². The summed E-state index contributed by atoms with van der Waals surface area (Å²) in [7, 11) is 0. The van der Waals surface area contributed by atoms with Crippen molar-refractivity contribution in [2.24, 2.45) is 34.5 Å². The van der Waals surface area contributed by atoms with E-state index in [1.165, 1.54) is 31.3 Å². The minimum absolute atomic E-state index is 0.181. The molecule has 0 N–H and O–H groups in total. The Balaban J connectivity index is 1.57. The summed E-state index contributed by atoms with van der Waals surface area (Å²) in [6.45, 7) is 11.1. The largest absolute Gasteiger partial charge is 0.342 e. The molecule has 0 aromatic heterocycles. The molecule has 3 saturated carbocycles. The molecule has 3 nitrogen and oxygen atoms in total. The fourth-order valence-corrected chi connectivity index (χ4v) is 8.06. The summed E-state index contributed by atoms with van der Waals surface area (Å²) in [4.78, 5) is 27.7. The summed E-state index contributed by atoms with van der Waals surface area (Å²) in [6, 6.07) is 0. The maximum absolute atomic E-state index is 13.6. The van der Waals surface area contributed by atoms with Gasteiger partial charge in [0, 0.05) is 25.4 Å². The Morgan fingerprint density at radius 2 is 1.72 bits per heavy atom. The quantitative estimate of drug-likeness (QED) is 0.587. The number of carbonyl (C=O) groups is 2. The number of carbonyl (C=O) groups excluding carboxylic acids is 2. The highest BCUT2D eigenvalue weighted by atomic mass is 16.2. The van der Waals surface area contributed by atoms with Gasteiger partial charge >= 0.3 is 0 Å². The Bertz CT molecular complexity index is 691. The van der Waals surface area contributed by atoms with E-state index in [-0.39, 0.29) is 16.7 Å². The first-order valence-corrected chi connectivity index (χ1v) is 12.4. The molecule has 0 saturated heterocycles. The van der Waals surface area contributed by atoms with E-state index in [1.807, 2.05) is 6.08 Å². The van der Waals surface area contributed by atoms with Gasteiger partial charge in [0.15, 0.2) is 5.78 Å². The average molecular weight is 400 g/mol. The van der Waals surface area contributed by atoms with E-state index in [1.54, 1.807) is 0 Å². The van der Waals surface area contributed by atoms with E-state index < -0.39 is 0 Å². The van der Waals surface area contributed by atoms with Crippen LogP contribution in [0.25, 0.3) is 0 Å². The number of fused-ring (bicyclic) bond motifs is 5. The van der Waals surface area contributed by atoms with Gasteiger partial charge in [0.1, 0.15) is 0 Å². The first-order chi connectivity index (χ1) is 13.8. The lowest BCUT2D eigenvalue weighted by Gasteiger charge is -2.58. The van der Waals surface area contributed by atoms with Crippen LogP contribution in [-0.4, -0.2) is 29.7 Å². The van der Waals surface area contributed by atoms with Gasteiger partial charge in [-0.1, -0.05) is 33.3 Å². The highest BCUT2D eigenvalue weighted by Gasteiger charge is 2.60. The number of rotatable bonds is 5. The smallest absolute Gasteiger partial charge is 0.226 e. The van der Waals surface area contributed by atoms with E-state index >= 15 is 0 Å². The van der Waals surface area contributed by atoms with Gasteiger partial charge in [-0.3, -0.25) is 9.59 Å². The third-order valence-corrected chi connectivity index (χ3v) is 9.56. The Kier molecular flexibility index (Phi) is 5.72. The van der Waals surface area contributed by atoms with E-state index in [4.69, 9.17) is 0 Å². The lowest BCUT2D eigenvalue weighted by Crippen LogP contribution is -2.52. The van der Waals surface area contributed by atoms with Crippen molar-refractivity contribution in [3.8, 4) is 0 Å². The molecule has 0 unspecified atom stereocenters. The molecule has 0 aromatic carbocycles. The molecule has 6 atom stereocenters. The van der Waals surface area contributed by atoms with Crippen molar-refractivity contribution in [1.82, 2.24) is 4.90 Å². The van der Waals surface area contributed by atoms with Crippen molar-refractivity contribution in [3.63, 3.8) is 0 Å². The molecule has 162 valence electrons. The fraction of sp³-hybridized carbons (Fsp3) is 0.846. The maximum Gasteiger partial charge on any atom is 0.226 e. The Morgan fingerprint density at radius 3 is 2.41 bits per heavy atom. The molecule has 0 aromatic rings. The van der Waals surface area contributed by atoms with E-state index in [9.17, 15) is 9.59 Å². The highest BCUT2D eigenvalue weighted by Crippen LogP contribution is 2.66. The van der Waals surface area contributed by atoms with Gasteiger partial charge in [-0.15, -0.1) is 0 Å². The molecule has 3 fully saturated rings. The van der Waals surface area contributed by atoms with Crippen molar-refractivity contribution < 1.29 is 9.59 Å². The number of ketones is 1. The van der Waals surface area contributed by atoms with Crippen LogP contribution in [0.15, 0.2) is 11.6 Å². The molecule has 4 aliphatic rings. The zero-order valence-corrected chi connectivity index (χ0v) is 19.1. The summed E-state index contributed by atoms with van der Waals surface area (Å²) in [5.41, 5.74) is 1.86. The number of amides is 1. The van der Waals surface area contributed by atoms with Crippen molar-refractivity contribution in [3.05, 3.63) is 11.6 Å². The number of hydrogen-bond acceptors (Lipinski definition) is 2. The minimum Gasteiger partial charge on any atom is -0.342 e. The van der Waals surface area contributed by atoms with Crippen LogP contribution in [0.2, 0.25) is 0 Å². The van der Waals surface area contributed by atoms with Crippen LogP contribution in [0.5, 0.6) is 0 Å². The Morgan fingerprint density at radius 1 is 1.00 bits per heavy atom. The molecule has 0 aliphatic heterocycles. The SMILES string of the molecule is CCCN(CCC)C(=O)[C@H]1CC[C@H]2[C@@H]3CCC4=CC(=O)CC[C@]4(C)[C@H]3CC[C@]12C. The molecular formula is C26H41NO2. The van der Waals surface area contributed by atoms with Crippen LogP contribution in [0.1, 0.15) is 91.9 Å². The van der Waals surface area contributed by atoms with Crippen molar-refractivity contribution >= 4 is 11.7 Å². The molecule has 29 heavy (non-hydrogen) atoms. The van der Waals surface area contributed by atoms with Crippen molar-refractivity contribution in [2.75, 3.05) is 13.1 Å². The summed E-state index contributed by atoms with van der Waals surface area (Å²) < 4.78 is 0. The van der Waals surface area contributed by atoms with Gasteiger partial charge in [0.05, 0.1) is 0 Å². The van der Waals surface area contributed by atoms with Crippen LogP contribution in [0, 0.1) is 34.5 Å². The zero-order chi connectivity index (χ0) is 20.8. The minimum atomic E-state index is 0.181. The molecule has 1 amide bonds. The van der Waals surface area contributed by atoms with Gasteiger partial charge in [0.2, 0.25) is 5.91 Å². The van der Waals surface area contributed by atoms with Gasteiger partial charge in [-0.05, 0) is 92.4 Å².